The van der Waals surface area contributed by atoms with Crippen LogP contribution in [-0.4, -0.2) is 7.11 Å². The van der Waals surface area contributed by atoms with Gasteiger partial charge in [-0.15, -0.1) is 0 Å². The minimum absolute atomic E-state index is 0.800. The molecule has 0 bridgehead atoms. The molecule has 0 heterocycles. The van der Waals surface area contributed by atoms with Crippen molar-refractivity contribution in [2.45, 2.75) is 6.42 Å². The maximum atomic E-state index is 5.35. The quantitative estimate of drug-likeness (QED) is 0.769. The van der Waals surface area contributed by atoms with Crippen molar-refractivity contribution >= 4 is 9.47 Å². The standard InChI is InChI=1S/C14H15O2P/c1-15-13-8-4-2-6-11(13)10-12-7-3-5-9-14(12)16-17/h2-9H,10,17H2,1H3. The molecule has 2 nitrogen and oxygen atoms in total. The van der Waals surface area contributed by atoms with Crippen LogP contribution in [0.5, 0.6) is 11.5 Å². The Morgan fingerprint density at radius 1 is 0.882 bits per heavy atom. The Bertz CT molecular complexity index is 452. The van der Waals surface area contributed by atoms with Gasteiger partial charge in [-0.05, 0) is 23.3 Å². The minimum Gasteiger partial charge on any atom is -0.496 e. The summed E-state index contributed by atoms with van der Waals surface area (Å²) in [6.07, 6.45) is 0.800. The second kappa shape index (κ2) is 5.70. The Morgan fingerprint density at radius 2 is 1.41 bits per heavy atom. The van der Waals surface area contributed by atoms with Crippen LogP contribution in [0.1, 0.15) is 11.1 Å². The molecule has 0 N–H and O–H groups in total. The van der Waals surface area contributed by atoms with E-state index in [0.29, 0.717) is 0 Å². The number of benzene rings is 2. The van der Waals surface area contributed by atoms with E-state index >= 15 is 0 Å². The highest BCUT2D eigenvalue weighted by Crippen LogP contribution is 2.26. The van der Waals surface area contributed by atoms with Crippen LogP contribution in [0.2, 0.25) is 0 Å². The highest BCUT2D eigenvalue weighted by molar-refractivity contribution is 7.10. The van der Waals surface area contributed by atoms with Crippen molar-refractivity contribution in [1.82, 2.24) is 0 Å². The van der Waals surface area contributed by atoms with E-state index in [2.05, 4.69) is 21.6 Å². The minimum atomic E-state index is 0.800. The van der Waals surface area contributed by atoms with Crippen LogP contribution in [0.3, 0.4) is 0 Å². The fourth-order valence-corrected chi connectivity index (χ4v) is 2.05. The van der Waals surface area contributed by atoms with E-state index in [0.717, 1.165) is 29.0 Å². The Morgan fingerprint density at radius 3 is 2.00 bits per heavy atom. The Kier molecular flexibility index (Phi) is 4.00. The Labute approximate surface area is 104 Å². The molecular formula is C14H15O2P. The molecule has 0 radical (unpaired) electrons. The summed E-state index contributed by atoms with van der Waals surface area (Å²) in [6.45, 7) is 0. The monoisotopic (exact) mass is 246 g/mol. The number of hydrogen-bond donors (Lipinski definition) is 0. The molecule has 2 aromatic carbocycles. The first-order chi connectivity index (χ1) is 8.35. The fourth-order valence-electron chi connectivity index (χ4n) is 1.82. The summed E-state index contributed by atoms with van der Waals surface area (Å²) in [5, 5.41) is 0. The zero-order valence-corrected chi connectivity index (χ0v) is 10.9. The number of hydrogen-bond acceptors (Lipinski definition) is 2. The molecule has 0 aromatic heterocycles. The van der Waals surface area contributed by atoms with E-state index in [4.69, 9.17) is 9.26 Å². The van der Waals surface area contributed by atoms with Gasteiger partial charge in [-0.3, -0.25) is 0 Å². The Balaban J connectivity index is 2.31. The predicted octanol–water partition coefficient (Wildman–Crippen LogP) is 3.45. The molecule has 0 saturated carbocycles. The lowest BCUT2D eigenvalue weighted by Gasteiger charge is -2.10. The summed E-state index contributed by atoms with van der Waals surface area (Å²) in [5.74, 6) is 1.79. The normalized spacial score (nSPS) is 10.0. The molecule has 0 spiro atoms. The zero-order chi connectivity index (χ0) is 12.1. The van der Waals surface area contributed by atoms with Crippen LogP contribution in [-0.2, 0) is 6.42 Å². The third-order valence-electron chi connectivity index (χ3n) is 2.67. The van der Waals surface area contributed by atoms with Crippen LogP contribution in [0.4, 0.5) is 0 Å². The predicted molar refractivity (Wildman–Crippen MR) is 72.6 cm³/mol. The van der Waals surface area contributed by atoms with E-state index in [1.54, 1.807) is 7.11 Å². The number of ether oxygens (including phenoxy) is 1. The largest absolute Gasteiger partial charge is 0.496 e. The molecular weight excluding hydrogens is 231 g/mol. The van der Waals surface area contributed by atoms with Gasteiger partial charge in [0.15, 0.2) is 0 Å². The Hall–Kier alpha value is -1.53. The topological polar surface area (TPSA) is 18.5 Å². The van der Waals surface area contributed by atoms with E-state index in [1.165, 1.54) is 0 Å². The lowest BCUT2D eigenvalue weighted by molar-refractivity contribution is 0.410. The molecule has 88 valence electrons. The van der Waals surface area contributed by atoms with E-state index < -0.39 is 0 Å². The second-order valence-electron chi connectivity index (χ2n) is 3.71. The summed E-state index contributed by atoms with van der Waals surface area (Å²) in [5.41, 5.74) is 2.30. The highest BCUT2D eigenvalue weighted by Gasteiger charge is 2.06. The SMILES string of the molecule is COc1ccccc1Cc1ccccc1OP. The molecule has 17 heavy (non-hydrogen) atoms. The first kappa shape index (κ1) is 11.9. The number of rotatable bonds is 4. The summed E-state index contributed by atoms with van der Waals surface area (Å²) in [7, 11) is 3.98. The van der Waals surface area contributed by atoms with Crippen LogP contribution in [0.15, 0.2) is 48.5 Å². The lowest BCUT2D eigenvalue weighted by atomic mass is 10.0. The van der Waals surface area contributed by atoms with Crippen LogP contribution >= 0.6 is 9.47 Å². The fraction of sp³-hybridized carbons (Fsp3) is 0.143. The van der Waals surface area contributed by atoms with Gasteiger partial charge in [-0.1, -0.05) is 36.4 Å². The molecule has 0 fully saturated rings. The summed E-state index contributed by atoms with van der Waals surface area (Å²) in [4.78, 5) is 0. The van der Waals surface area contributed by atoms with Crippen LogP contribution in [0.25, 0.3) is 0 Å². The van der Waals surface area contributed by atoms with Crippen molar-refractivity contribution in [2.75, 3.05) is 7.11 Å². The first-order valence-corrected chi connectivity index (χ1v) is 5.89. The van der Waals surface area contributed by atoms with Gasteiger partial charge in [0, 0.05) is 6.42 Å². The van der Waals surface area contributed by atoms with Gasteiger partial charge in [-0.25, -0.2) is 0 Å². The molecule has 0 amide bonds. The third-order valence-corrected chi connectivity index (χ3v) is 2.93. The van der Waals surface area contributed by atoms with Crippen LogP contribution in [0, 0.1) is 0 Å². The highest BCUT2D eigenvalue weighted by atomic mass is 31.0. The van der Waals surface area contributed by atoms with Crippen molar-refractivity contribution in [1.29, 1.82) is 0 Å². The van der Waals surface area contributed by atoms with E-state index in [-0.39, 0.29) is 0 Å². The van der Waals surface area contributed by atoms with Crippen molar-refractivity contribution in [3.05, 3.63) is 59.7 Å². The molecule has 2 aromatic rings. The molecule has 1 unspecified atom stereocenters. The molecule has 0 saturated heterocycles. The summed E-state index contributed by atoms with van der Waals surface area (Å²) >= 11 is 0. The molecule has 0 aliphatic heterocycles. The molecule has 1 atom stereocenters. The molecule has 0 aliphatic carbocycles. The summed E-state index contributed by atoms with van der Waals surface area (Å²) < 4.78 is 10.6. The molecule has 0 aliphatic rings. The smallest absolute Gasteiger partial charge is 0.126 e. The third kappa shape index (κ3) is 2.78. The maximum Gasteiger partial charge on any atom is 0.126 e. The van der Waals surface area contributed by atoms with Crippen molar-refractivity contribution in [3.63, 3.8) is 0 Å². The summed E-state index contributed by atoms with van der Waals surface area (Å²) in [6, 6.07) is 16.0. The first-order valence-electron chi connectivity index (χ1n) is 5.41. The van der Waals surface area contributed by atoms with Gasteiger partial charge in [0.2, 0.25) is 0 Å². The number of para-hydroxylation sites is 2. The van der Waals surface area contributed by atoms with E-state index in [1.807, 2.05) is 36.4 Å². The zero-order valence-electron chi connectivity index (χ0n) is 9.72. The van der Waals surface area contributed by atoms with Gasteiger partial charge in [0.25, 0.3) is 0 Å². The molecule has 2 rings (SSSR count). The van der Waals surface area contributed by atoms with Crippen molar-refractivity contribution in [2.24, 2.45) is 0 Å². The van der Waals surface area contributed by atoms with E-state index in [9.17, 15) is 0 Å². The van der Waals surface area contributed by atoms with Gasteiger partial charge in [-0.2, -0.15) is 0 Å². The van der Waals surface area contributed by atoms with Crippen molar-refractivity contribution in [3.8, 4) is 11.5 Å². The lowest BCUT2D eigenvalue weighted by Crippen LogP contribution is -1.94. The van der Waals surface area contributed by atoms with Gasteiger partial charge >= 0.3 is 0 Å². The van der Waals surface area contributed by atoms with Gasteiger partial charge in [0.05, 0.1) is 16.6 Å². The second-order valence-corrected chi connectivity index (χ2v) is 3.95. The van der Waals surface area contributed by atoms with Gasteiger partial charge in [0.1, 0.15) is 11.5 Å². The maximum absolute atomic E-state index is 5.35. The van der Waals surface area contributed by atoms with Crippen LogP contribution < -0.4 is 9.26 Å². The van der Waals surface area contributed by atoms with Crippen molar-refractivity contribution < 1.29 is 9.26 Å². The average molecular weight is 246 g/mol. The number of methoxy groups -OCH3 is 1. The van der Waals surface area contributed by atoms with Gasteiger partial charge < -0.3 is 9.26 Å². The molecule has 3 heteroatoms. The average Bonchev–Trinajstić information content (AvgIpc) is 2.40.